The van der Waals surface area contributed by atoms with E-state index in [0.29, 0.717) is 11.5 Å². The van der Waals surface area contributed by atoms with E-state index in [2.05, 4.69) is 4.98 Å². The van der Waals surface area contributed by atoms with Crippen LogP contribution in [-0.4, -0.2) is 35.8 Å². The van der Waals surface area contributed by atoms with Crippen LogP contribution in [0.15, 0.2) is 64.4 Å². The molecule has 0 spiro atoms. The molecule has 1 aliphatic heterocycles. The van der Waals surface area contributed by atoms with Gasteiger partial charge in [-0.05, 0) is 35.9 Å². The molecule has 1 atom stereocenters. The molecule has 3 aromatic rings. The first-order valence-electron chi connectivity index (χ1n) is 7.93. The molecular formula is C18H17NO6S2. The maximum Gasteiger partial charge on any atom is 0.294 e. The molecular weight excluding hydrogens is 390 g/mol. The summed E-state index contributed by atoms with van der Waals surface area (Å²) in [4.78, 5) is 3.55. The van der Waals surface area contributed by atoms with Crippen molar-refractivity contribution < 1.29 is 27.6 Å². The second-order valence-electron chi connectivity index (χ2n) is 5.65. The Morgan fingerprint density at radius 2 is 1.89 bits per heavy atom. The highest BCUT2D eigenvalue weighted by atomic mass is 32.2. The molecule has 3 heterocycles. The third kappa shape index (κ3) is 5.19. The summed E-state index contributed by atoms with van der Waals surface area (Å²) in [5.41, 5.74) is 0.282. The number of benzene rings is 1. The molecule has 9 heteroatoms. The van der Waals surface area contributed by atoms with Crippen molar-refractivity contribution in [2.45, 2.75) is 17.4 Å². The van der Waals surface area contributed by atoms with Crippen LogP contribution >= 0.6 is 11.3 Å². The van der Waals surface area contributed by atoms with E-state index in [9.17, 15) is 18.1 Å². The zero-order valence-corrected chi connectivity index (χ0v) is 15.7. The summed E-state index contributed by atoms with van der Waals surface area (Å²) in [6.45, 7) is 0.268. The lowest BCUT2D eigenvalue weighted by Crippen LogP contribution is -2.31. The van der Waals surface area contributed by atoms with Gasteiger partial charge in [0.25, 0.3) is 10.1 Å². The number of hydrogen-bond donors (Lipinski definition) is 2. The number of ether oxygens (including phenoxy) is 2. The van der Waals surface area contributed by atoms with Crippen LogP contribution in [0.25, 0.3) is 0 Å². The van der Waals surface area contributed by atoms with Crippen molar-refractivity contribution in [3.8, 4) is 17.2 Å². The first kappa shape index (κ1) is 19.2. The number of phenolic OH excluding ortho intramolecular Hbond substituents is 1. The molecule has 7 nitrogen and oxygen atoms in total. The van der Waals surface area contributed by atoms with Crippen molar-refractivity contribution in [2.24, 2.45) is 0 Å². The van der Waals surface area contributed by atoms with E-state index in [-0.39, 0.29) is 29.2 Å². The van der Waals surface area contributed by atoms with Crippen molar-refractivity contribution in [1.82, 2.24) is 4.98 Å². The van der Waals surface area contributed by atoms with E-state index in [1.807, 2.05) is 23.6 Å². The predicted molar refractivity (Wildman–Crippen MR) is 100 cm³/mol. The molecule has 0 aliphatic carbocycles. The lowest BCUT2D eigenvalue weighted by atomic mass is 10.1. The number of fused-ring (bicyclic) bond motifs is 1. The Hall–Kier alpha value is -2.62. The number of hydrogen-bond acceptors (Lipinski definition) is 7. The second-order valence-corrected chi connectivity index (χ2v) is 7.78. The standard InChI is InChI=1S/C13H12O6S2.C5H5N/c14-9-1-2-13(21(15,16)17)8(3-9)4-10-5-18-11-6-20-7-12(11)19-10;1-2-4-6-5-3-1/h1-3,6-7,10,14H,4-5H2,(H,15,16,17);1-5H. The Morgan fingerprint density at radius 1 is 1.15 bits per heavy atom. The van der Waals surface area contributed by atoms with Crippen molar-refractivity contribution in [3.63, 3.8) is 0 Å². The van der Waals surface area contributed by atoms with Crippen molar-refractivity contribution in [2.75, 3.05) is 6.61 Å². The normalized spacial score (nSPS) is 15.5. The van der Waals surface area contributed by atoms with E-state index < -0.39 is 16.2 Å². The van der Waals surface area contributed by atoms with Crippen molar-refractivity contribution >= 4 is 21.5 Å². The van der Waals surface area contributed by atoms with E-state index in [1.165, 1.54) is 29.5 Å². The Kier molecular flexibility index (Phi) is 5.94. The van der Waals surface area contributed by atoms with E-state index >= 15 is 0 Å². The smallest absolute Gasteiger partial charge is 0.294 e. The van der Waals surface area contributed by atoms with Crippen LogP contribution in [0.3, 0.4) is 0 Å². The molecule has 0 saturated heterocycles. The maximum absolute atomic E-state index is 11.4. The molecule has 1 aliphatic rings. The number of pyridine rings is 1. The molecule has 27 heavy (non-hydrogen) atoms. The number of thiophene rings is 1. The van der Waals surface area contributed by atoms with Crippen LogP contribution in [0.2, 0.25) is 0 Å². The van der Waals surface area contributed by atoms with Gasteiger partial charge >= 0.3 is 0 Å². The Balaban J connectivity index is 0.000000299. The van der Waals surface area contributed by atoms with Crippen LogP contribution in [-0.2, 0) is 16.5 Å². The number of nitrogens with zero attached hydrogens (tertiary/aromatic N) is 1. The molecule has 2 aromatic heterocycles. The summed E-state index contributed by atoms with van der Waals surface area (Å²) in [6.07, 6.45) is 3.30. The third-order valence-electron chi connectivity index (χ3n) is 3.65. The van der Waals surface area contributed by atoms with Gasteiger partial charge in [0.1, 0.15) is 18.5 Å². The average molecular weight is 407 g/mol. The number of rotatable bonds is 3. The first-order valence-corrected chi connectivity index (χ1v) is 10.3. The minimum absolute atomic E-state index is 0.0784. The molecule has 0 bridgehead atoms. The van der Waals surface area contributed by atoms with Gasteiger partial charge in [0.2, 0.25) is 0 Å². The van der Waals surface area contributed by atoms with Crippen LogP contribution in [0.1, 0.15) is 5.56 Å². The summed E-state index contributed by atoms with van der Waals surface area (Å²) in [7, 11) is -4.36. The van der Waals surface area contributed by atoms with Gasteiger partial charge in [-0.3, -0.25) is 9.54 Å². The number of phenols is 1. The minimum atomic E-state index is -4.36. The fourth-order valence-corrected chi connectivity index (χ4v) is 3.88. The number of aromatic hydroxyl groups is 1. The molecule has 1 unspecified atom stereocenters. The van der Waals surface area contributed by atoms with Gasteiger partial charge in [-0.25, -0.2) is 0 Å². The topological polar surface area (TPSA) is 106 Å². The zero-order valence-electron chi connectivity index (χ0n) is 14.1. The fourth-order valence-electron chi connectivity index (χ4n) is 2.50. The molecule has 2 N–H and O–H groups in total. The summed E-state index contributed by atoms with van der Waals surface area (Å²) < 4.78 is 43.2. The molecule has 0 radical (unpaired) electrons. The van der Waals surface area contributed by atoms with Crippen LogP contribution in [0.4, 0.5) is 0 Å². The van der Waals surface area contributed by atoms with Crippen molar-refractivity contribution in [1.29, 1.82) is 0 Å². The molecule has 4 rings (SSSR count). The highest BCUT2D eigenvalue weighted by Gasteiger charge is 2.25. The summed E-state index contributed by atoms with van der Waals surface area (Å²) >= 11 is 1.45. The molecule has 0 fully saturated rings. The van der Waals surface area contributed by atoms with Gasteiger partial charge in [0, 0.05) is 29.6 Å². The van der Waals surface area contributed by atoms with Crippen LogP contribution in [0, 0.1) is 0 Å². The first-order chi connectivity index (χ1) is 12.9. The van der Waals surface area contributed by atoms with Crippen LogP contribution in [0.5, 0.6) is 17.2 Å². The minimum Gasteiger partial charge on any atom is -0.508 e. The van der Waals surface area contributed by atoms with Gasteiger partial charge in [-0.15, -0.1) is 11.3 Å². The molecule has 142 valence electrons. The van der Waals surface area contributed by atoms with E-state index in [1.54, 1.807) is 17.8 Å². The highest BCUT2D eigenvalue weighted by Crippen LogP contribution is 2.36. The number of aromatic nitrogens is 1. The van der Waals surface area contributed by atoms with E-state index in [0.717, 1.165) is 0 Å². The Labute approximate surface area is 160 Å². The largest absolute Gasteiger partial charge is 0.508 e. The molecule has 0 amide bonds. The van der Waals surface area contributed by atoms with Gasteiger partial charge in [0.15, 0.2) is 11.5 Å². The summed E-state index contributed by atoms with van der Waals surface area (Å²) in [5, 5.41) is 13.1. The average Bonchev–Trinajstić information content (AvgIpc) is 3.10. The second kappa shape index (κ2) is 8.38. The summed E-state index contributed by atoms with van der Waals surface area (Å²) in [6, 6.07) is 9.39. The van der Waals surface area contributed by atoms with Gasteiger partial charge in [0.05, 0.1) is 4.90 Å². The monoisotopic (exact) mass is 407 g/mol. The summed E-state index contributed by atoms with van der Waals surface area (Å²) in [5.74, 6) is 1.21. The van der Waals surface area contributed by atoms with Crippen molar-refractivity contribution in [3.05, 3.63) is 65.1 Å². The molecule has 1 aromatic carbocycles. The highest BCUT2D eigenvalue weighted by molar-refractivity contribution is 7.85. The van der Waals surface area contributed by atoms with Gasteiger partial charge in [-0.1, -0.05) is 6.07 Å². The lowest BCUT2D eigenvalue weighted by molar-refractivity contribution is 0.0922. The van der Waals surface area contributed by atoms with Crippen LogP contribution < -0.4 is 9.47 Å². The van der Waals surface area contributed by atoms with E-state index in [4.69, 9.17) is 9.47 Å². The third-order valence-corrected chi connectivity index (χ3v) is 5.30. The SMILES string of the molecule is O=S(=O)(O)c1ccc(O)cc1CC1COc2cscc2O1.c1ccncc1. The Bertz CT molecular complexity index is 961. The quantitative estimate of drug-likeness (QED) is 0.642. The lowest BCUT2D eigenvalue weighted by Gasteiger charge is -2.25. The van der Waals surface area contributed by atoms with Gasteiger partial charge in [-0.2, -0.15) is 8.42 Å². The Morgan fingerprint density at radius 3 is 2.52 bits per heavy atom. The predicted octanol–water partition coefficient (Wildman–Crippen LogP) is 3.16. The fraction of sp³-hybridized carbons (Fsp3) is 0.167. The van der Waals surface area contributed by atoms with Gasteiger partial charge < -0.3 is 14.6 Å². The molecule has 0 saturated carbocycles. The zero-order chi connectivity index (χ0) is 19.3. The maximum atomic E-state index is 11.4.